The highest BCUT2D eigenvalue weighted by Crippen LogP contribution is 2.37. The lowest BCUT2D eigenvalue weighted by atomic mass is 9.72. The average molecular weight is 528 g/mol. The first-order chi connectivity index (χ1) is 18.1. The first-order valence-corrected chi connectivity index (χ1v) is 15.7. The standard InChI is InChI=1S/C19H33N.C11H22N2.C5H10/c1-5-8-13-18(17-12-10-11-16(4)15-17)19(20,7-3)14-9-6-2;1-4-10-5-6-12-8-11(7-10)13-9(2)3;1-4-5(2)3/h10-12,15,18H,5-9,13-14,20H2,1-4H3;10-13H,2,4-8H2,1,3H3;2,4H2,1,3H3/t18-,19?;10-,11?;/m01./s1. The molecule has 0 bridgehead atoms. The molecular formula is C35H65N3. The number of nitrogens with two attached hydrogens (primary N) is 1. The highest BCUT2D eigenvalue weighted by atomic mass is 15.0. The van der Waals surface area contributed by atoms with E-state index in [4.69, 9.17) is 5.73 Å². The fourth-order valence-corrected chi connectivity index (χ4v) is 5.20. The molecule has 1 aromatic carbocycles. The van der Waals surface area contributed by atoms with Crippen LogP contribution in [0.4, 0.5) is 0 Å². The van der Waals surface area contributed by atoms with Crippen molar-refractivity contribution in [3.8, 4) is 0 Å². The Labute approximate surface area is 238 Å². The number of unbranched alkanes of at least 4 members (excludes halogenated alkanes) is 2. The molecule has 0 radical (unpaired) electrons. The maximum Gasteiger partial charge on any atom is 0.0385 e. The molecule has 4 atom stereocenters. The third-order valence-corrected chi connectivity index (χ3v) is 8.01. The van der Waals surface area contributed by atoms with Crippen molar-refractivity contribution in [2.45, 2.75) is 144 Å². The fraction of sp³-hybridized carbons (Fsp3) is 0.714. The molecule has 0 spiro atoms. The molecule has 1 heterocycles. The zero-order chi connectivity index (χ0) is 29.0. The van der Waals surface area contributed by atoms with Crippen LogP contribution < -0.4 is 16.4 Å². The Morgan fingerprint density at radius 1 is 1.11 bits per heavy atom. The van der Waals surface area contributed by atoms with Gasteiger partial charge in [0.2, 0.25) is 0 Å². The number of hydrogen-bond acceptors (Lipinski definition) is 3. The second-order valence-corrected chi connectivity index (χ2v) is 11.7. The van der Waals surface area contributed by atoms with E-state index in [1.807, 2.05) is 13.8 Å². The van der Waals surface area contributed by atoms with Gasteiger partial charge in [-0.25, -0.2) is 0 Å². The summed E-state index contributed by atoms with van der Waals surface area (Å²) in [4.78, 5) is 0. The number of allylic oxidation sites excluding steroid dienone is 2. The van der Waals surface area contributed by atoms with Gasteiger partial charge in [-0.15, -0.1) is 6.58 Å². The number of nitrogens with one attached hydrogen (secondary N) is 2. The van der Waals surface area contributed by atoms with Gasteiger partial charge in [0, 0.05) is 29.7 Å². The summed E-state index contributed by atoms with van der Waals surface area (Å²) in [5, 5.41) is 6.89. The van der Waals surface area contributed by atoms with E-state index in [1.165, 1.54) is 74.6 Å². The Bertz CT molecular complexity index is 755. The highest BCUT2D eigenvalue weighted by molar-refractivity contribution is 5.28. The van der Waals surface area contributed by atoms with Crippen molar-refractivity contribution in [3.05, 3.63) is 59.8 Å². The van der Waals surface area contributed by atoms with Gasteiger partial charge in [-0.2, -0.15) is 0 Å². The topological polar surface area (TPSA) is 50.1 Å². The lowest BCUT2D eigenvalue weighted by molar-refractivity contribution is 0.284. The van der Waals surface area contributed by atoms with Crippen LogP contribution in [0.2, 0.25) is 0 Å². The molecule has 1 fully saturated rings. The molecule has 1 aromatic rings. The summed E-state index contributed by atoms with van der Waals surface area (Å²) in [5.41, 5.74) is 11.9. The maximum atomic E-state index is 6.85. The molecule has 0 saturated carbocycles. The second kappa shape index (κ2) is 21.3. The minimum absolute atomic E-state index is 0.0427. The first-order valence-electron chi connectivity index (χ1n) is 15.7. The molecule has 0 amide bonds. The zero-order valence-corrected chi connectivity index (χ0v) is 26.7. The van der Waals surface area contributed by atoms with E-state index in [-0.39, 0.29) is 5.54 Å². The van der Waals surface area contributed by atoms with Crippen molar-refractivity contribution in [1.29, 1.82) is 0 Å². The van der Waals surface area contributed by atoms with E-state index in [9.17, 15) is 0 Å². The molecule has 1 saturated heterocycles. The van der Waals surface area contributed by atoms with Crippen LogP contribution in [0.25, 0.3) is 0 Å². The van der Waals surface area contributed by atoms with Crippen molar-refractivity contribution in [2.75, 3.05) is 13.1 Å². The molecule has 3 heteroatoms. The summed E-state index contributed by atoms with van der Waals surface area (Å²) < 4.78 is 0. The normalized spacial score (nSPS) is 19.4. The van der Waals surface area contributed by atoms with Gasteiger partial charge in [0.05, 0.1) is 0 Å². The van der Waals surface area contributed by atoms with E-state index in [2.05, 4.69) is 89.6 Å². The van der Waals surface area contributed by atoms with E-state index >= 15 is 0 Å². The molecule has 0 aromatic heterocycles. The van der Waals surface area contributed by atoms with Gasteiger partial charge in [-0.1, -0.05) is 109 Å². The van der Waals surface area contributed by atoms with Gasteiger partial charge in [-0.3, -0.25) is 0 Å². The average Bonchev–Trinajstić information content (AvgIpc) is 3.13. The zero-order valence-electron chi connectivity index (χ0n) is 26.7. The molecule has 1 aliphatic heterocycles. The number of benzene rings is 1. The Kier molecular flexibility index (Phi) is 20.4. The van der Waals surface area contributed by atoms with Crippen molar-refractivity contribution < 1.29 is 0 Å². The van der Waals surface area contributed by atoms with Crippen LogP contribution in [0, 0.1) is 12.8 Å². The van der Waals surface area contributed by atoms with Crippen LogP contribution in [-0.4, -0.2) is 24.7 Å². The Morgan fingerprint density at radius 3 is 2.26 bits per heavy atom. The third kappa shape index (κ3) is 15.7. The van der Waals surface area contributed by atoms with Gasteiger partial charge in [0.1, 0.15) is 0 Å². The van der Waals surface area contributed by atoms with Gasteiger partial charge in [-0.05, 0) is 77.3 Å². The lowest BCUT2D eigenvalue weighted by Crippen LogP contribution is -2.45. The number of hydrogen-bond donors (Lipinski definition) is 3. The second-order valence-electron chi connectivity index (χ2n) is 11.7. The SMILES string of the molecule is C=C(C)CC.C=C(C)NC1CNCC[C@@H](CC)C1.CCCC[C@@H](c1cccc(C)c1)C(N)(CC)CCCC. The number of aryl methyl sites for hydroxylation is 1. The summed E-state index contributed by atoms with van der Waals surface area (Å²) in [6, 6.07) is 9.56. The van der Waals surface area contributed by atoms with Crippen LogP contribution in [0.5, 0.6) is 0 Å². The van der Waals surface area contributed by atoms with E-state index in [0.29, 0.717) is 12.0 Å². The molecule has 4 N–H and O–H groups in total. The lowest BCUT2D eigenvalue weighted by Gasteiger charge is -2.38. The Hall–Kier alpha value is -1.58. The molecular weight excluding hydrogens is 462 g/mol. The van der Waals surface area contributed by atoms with Crippen molar-refractivity contribution in [1.82, 2.24) is 10.6 Å². The summed E-state index contributed by atoms with van der Waals surface area (Å²) in [6.45, 7) is 27.2. The molecule has 2 rings (SSSR count). The van der Waals surface area contributed by atoms with Crippen molar-refractivity contribution in [2.24, 2.45) is 11.7 Å². The molecule has 38 heavy (non-hydrogen) atoms. The first kappa shape index (κ1) is 36.4. The minimum atomic E-state index is -0.0427. The summed E-state index contributed by atoms with van der Waals surface area (Å²) in [7, 11) is 0. The highest BCUT2D eigenvalue weighted by Gasteiger charge is 2.33. The predicted octanol–water partition coefficient (Wildman–Crippen LogP) is 9.43. The van der Waals surface area contributed by atoms with Crippen molar-refractivity contribution in [3.63, 3.8) is 0 Å². The van der Waals surface area contributed by atoms with E-state index in [1.54, 1.807) is 0 Å². The molecule has 2 unspecified atom stereocenters. The third-order valence-electron chi connectivity index (χ3n) is 8.01. The van der Waals surface area contributed by atoms with E-state index in [0.717, 1.165) is 37.4 Å². The molecule has 3 nitrogen and oxygen atoms in total. The smallest absolute Gasteiger partial charge is 0.0385 e. The van der Waals surface area contributed by atoms with Crippen LogP contribution >= 0.6 is 0 Å². The maximum absolute atomic E-state index is 6.85. The fourth-order valence-electron chi connectivity index (χ4n) is 5.20. The number of rotatable bonds is 13. The van der Waals surface area contributed by atoms with Crippen LogP contribution in [0.3, 0.4) is 0 Å². The Balaban J connectivity index is 0.000000648. The molecule has 220 valence electrons. The van der Waals surface area contributed by atoms with Crippen molar-refractivity contribution >= 4 is 0 Å². The minimum Gasteiger partial charge on any atom is -0.385 e. The van der Waals surface area contributed by atoms with Gasteiger partial charge < -0.3 is 16.4 Å². The van der Waals surface area contributed by atoms with Gasteiger partial charge >= 0.3 is 0 Å². The molecule has 1 aliphatic rings. The predicted molar refractivity (Wildman–Crippen MR) is 173 cm³/mol. The quantitative estimate of drug-likeness (QED) is 0.224. The molecule has 0 aliphatic carbocycles. The summed E-state index contributed by atoms with van der Waals surface area (Å²) >= 11 is 0. The van der Waals surface area contributed by atoms with Crippen LogP contribution in [0.1, 0.15) is 136 Å². The summed E-state index contributed by atoms with van der Waals surface area (Å²) in [6.07, 6.45) is 13.4. The monoisotopic (exact) mass is 528 g/mol. The largest absolute Gasteiger partial charge is 0.385 e. The van der Waals surface area contributed by atoms with E-state index < -0.39 is 0 Å². The summed E-state index contributed by atoms with van der Waals surface area (Å²) in [5.74, 6) is 1.38. The van der Waals surface area contributed by atoms with Crippen LogP contribution in [-0.2, 0) is 0 Å². The van der Waals surface area contributed by atoms with Crippen LogP contribution in [0.15, 0.2) is 48.7 Å². The van der Waals surface area contributed by atoms with Gasteiger partial charge in [0.25, 0.3) is 0 Å². The Morgan fingerprint density at radius 2 is 1.76 bits per heavy atom. The van der Waals surface area contributed by atoms with Gasteiger partial charge in [0.15, 0.2) is 0 Å².